The summed E-state index contributed by atoms with van der Waals surface area (Å²) in [5.41, 5.74) is 2.23. The highest BCUT2D eigenvalue weighted by molar-refractivity contribution is 7.89. The molecule has 1 aromatic rings. The van der Waals surface area contributed by atoms with Crippen LogP contribution in [0.25, 0.3) is 0 Å². The summed E-state index contributed by atoms with van der Waals surface area (Å²) in [5, 5.41) is 9.31. The fourth-order valence-corrected chi connectivity index (χ4v) is 3.73. The molecule has 120 valence electrons. The lowest BCUT2D eigenvalue weighted by molar-refractivity contribution is 0.280. The van der Waals surface area contributed by atoms with Crippen LogP contribution in [0.15, 0.2) is 17.0 Å². The molecule has 0 aliphatic carbocycles. The maximum absolute atomic E-state index is 12.5. The Kier molecular flexibility index (Phi) is 6.34. The molecular weight excluding hydrogens is 288 g/mol. The van der Waals surface area contributed by atoms with E-state index in [2.05, 4.69) is 4.72 Å². The van der Waals surface area contributed by atoms with Crippen LogP contribution in [0, 0.1) is 13.8 Å². The van der Waals surface area contributed by atoms with E-state index < -0.39 is 10.0 Å². The summed E-state index contributed by atoms with van der Waals surface area (Å²) < 4.78 is 27.7. The molecule has 0 aliphatic rings. The fourth-order valence-electron chi connectivity index (χ4n) is 2.17. The quantitative estimate of drug-likeness (QED) is 0.798. The minimum atomic E-state index is -3.57. The van der Waals surface area contributed by atoms with Gasteiger partial charge in [-0.15, -0.1) is 0 Å². The van der Waals surface area contributed by atoms with Gasteiger partial charge in [-0.25, -0.2) is 13.1 Å². The van der Waals surface area contributed by atoms with Crippen molar-refractivity contribution in [3.8, 4) is 0 Å². The van der Waals surface area contributed by atoms with Crippen LogP contribution in [-0.4, -0.2) is 45.1 Å². The number of sulfonamides is 1. The van der Waals surface area contributed by atoms with Crippen molar-refractivity contribution in [3.63, 3.8) is 0 Å². The van der Waals surface area contributed by atoms with E-state index in [9.17, 15) is 13.5 Å². The van der Waals surface area contributed by atoms with Gasteiger partial charge in [0.05, 0.1) is 11.5 Å². The van der Waals surface area contributed by atoms with Crippen LogP contribution < -0.4 is 4.72 Å². The molecule has 0 aliphatic heterocycles. The predicted molar refractivity (Wildman–Crippen MR) is 84.8 cm³/mol. The first-order chi connectivity index (χ1) is 9.67. The minimum Gasteiger partial charge on any atom is -0.392 e. The van der Waals surface area contributed by atoms with Crippen LogP contribution >= 0.6 is 0 Å². The number of hydrogen-bond donors (Lipinski definition) is 2. The highest BCUT2D eigenvalue weighted by atomic mass is 32.2. The largest absolute Gasteiger partial charge is 0.392 e. The third-order valence-electron chi connectivity index (χ3n) is 3.46. The molecule has 21 heavy (non-hydrogen) atoms. The maximum atomic E-state index is 12.5. The molecule has 1 atom stereocenters. The van der Waals surface area contributed by atoms with Gasteiger partial charge in [-0.1, -0.05) is 6.07 Å². The van der Waals surface area contributed by atoms with Gasteiger partial charge in [0.15, 0.2) is 0 Å². The molecule has 0 fully saturated rings. The van der Waals surface area contributed by atoms with E-state index in [1.807, 2.05) is 32.8 Å². The van der Waals surface area contributed by atoms with Crippen molar-refractivity contribution < 1.29 is 13.5 Å². The Labute approximate surface area is 128 Å². The molecule has 0 saturated carbocycles. The van der Waals surface area contributed by atoms with E-state index in [0.717, 1.165) is 18.5 Å². The zero-order valence-corrected chi connectivity index (χ0v) is 14.3. The number of nitrogens with zero attached hydrogens (tertiary/aromatic N) is 1. The summed E-state index contributed by atoms with van der Waals surface area (Å²) >= 11 is 0. The molecule has 2 N–H and O–H groups in total. The van der Waals surface area contributed by atoms with Gasteiger partial charge >= 0.3 is 0 Å². The lowest BCUT2D eigenvalue weighted by Crippen LogP contribution is -2.35. The van der Waals surface area contributed by atoms with Gasteiger partial charge in [0.2, 0.25) is 10.0 Å². The summed E-state index contributed by atoms with van der Waals surface area (Å²) in [6, 6.07) is 3.21. The van der Waals surface area contributed by atoms with Gasteiger partial charge in [-0.2, -0.15) is 0 Å². The van der Waals surface area contributed by atoms with E-state index in [1.165, 1.54) is 0 Å². The number of nitrogens with one attached hydrogen (secondary N) is 1. The molecule has 0 aromatic heterocycles. The summed E-state index contributed by atoms with van der Waals surface area (Å²) in [5.74, 6) is 0. The molecule has 0 heterocycles. The zero-order chi connectivity index (χ0) is 16.2. The number of aliphatic hydroxyl groups excluding tert-OH is 1. The molecule has 1 rings (SSSR count). The number of aryl methyl sites for hydroxylation is 2. The zero-order valence-electron chi connectivity index (χ0n) is 13.5. The van der Waals surface area contributed by atoms with Gasteiger partial charge < -0.3 is 10.0 Å². The van der Waals surface area contributed by atoms with Gasteiger partial charge in [-0.05, 0) is 70.6 Å². The molecule has 0 saturated heterocycles. The van der Waals surface area contributed by atoms with Crippen LogP contribution in [0.2, 0.25) is 0 Å². The van der Waals surface area contributed by atoms with Gasteiger partial charge in [0.1, 0.15) is 0 Å². The number of hydrogen-bond acceptors (Lipinski definition) is 4. The monoisotopic (exact) mass is 314 g/mol. The molecule has 0 bridgehead atoms. The maximum Gasteiger partial charge on any atom is 0.241 e. The Hall–Kier alpha value is -0.950. The summed E-state index contributed by atoms with van der Waals surface area (Å²) in [4.78, 5) is 2.26. The first-order valence-corrected chi connectivity index (χ1v) is 8.53. The average Bonchev–Trinajstić information content (AvgIpc) is 2.35. The lowest BCUT2D eigenvalue weighted by atomic mass is 10.1. The fraction of sp³-hybridized carbons (Fsp3) is 0.600. The Morgan fingerprint density at radius 3 is 2.38 bits per heavy atom. The van der Waals surface area contributed by atoms with Crippen LogP contribution in [0.5, 0.6) is 0 Å². The van der Waals surface area contributed by atoms with Crippen LogP contribution in [0.3, 0.4) is 0 Å². The number of benzene rings is 1. The molecule has 6 heteroatoms. The highest BCUT2D eigenvalue weighted by Crippen LogP contribution is 2.21. The second-order valence-electron chi connectivity index (χ2n) is 5.82. The third-order valence-corrected chi connectivity index (χ3v) is 5.19. The molecule has 0 spiro atoms. The molecule has 0 amide bonds. The first-order valence-electron chi connectivity index (χ1n) is 7.05. The van der Waals surface area contributed by atoms with Crippen molar-refractivity contribution in [2.24, 2.45) is 0 Å². The van der Waals surface area contributed by atoms with E-state index in [-0.39, 0.29) is 17.5 Å². The summed E-state index contributed by atoms with van der Waals surface area (Å²) in [6.45, 7) is 6.15. The van der Waals surface area contributed by atoms with Crippen LogP contribution in [0.4, 0.5) is 0 Å². The molecule has 1 aromatic carbocycles. The van der Waals surface area contributed by atoms with Gasteiger partial charge in [0, 0.05) is 6.04 Å². The van der Waals surface area contributed by atoms with Crippen molar-refractivity contribution in [2.75, 3.05) is 20.6 Å². The summed E-state index contributed by atoms with van der Waals surface area (Å²) in [6.07, 6.45) is 0.740. The smallest absolute Gasteiger partial charge is 0.241 e. The van der Waals surface area contributed by atoms with E-state index in [4.69, 9.17) is 0 Å². The van der Waals surface area contributed by atoms with Crippen LogP contribution in [-0.2, 0) is 16.6 Å². The Bertz CT molecular complexity index is 583. The van der Waals surface area contributed by atoms with Crippen molar-refractivity contribution in [1.82, 2.24) is 9.62 Å². The lowest BCUT2D eigenvalue weighted by Gasteiger charge is -2.18. The Morgan fingerprint density at radius 2 is 1.86 bits per heavy atom. The van der Waals surface area contributed by atoms with Crippen molar-refractivity contribution >= 4 is 10.0 Å². The highest BCUT2D eigenvalue weighted by Gasteiger charge is 2.20. The average molecular weight is 314 g/mol. The normalized spacial score (nSPS) is 13.7. The number of aliphatic hydroxyl groups is 1. The molecule has 5 nitrogen and oxygen atoms in total. The number of rotatable bonds is 7. The first kappa shape index (κ1) is 18.1. The summed E-state index contributed by atoms with van der Waals surface area (Å²) in [7, 11) is 0.347. The third kappa shape index (κ3) is 5.07. The molecular formula is C15H26N2O3S. The second kappa shape index (κ2) is 7.35. The SMILES string of the molecule is Cc1cc(C)c(S(=O)(=O)NC(C)CCN(C)C)cc1CO. The second-order valence-corrected chi connectivity index (χ2v) is 7.50. The van der Waals surface area contributed by atoms with Crippen molar-refractivity contribution in [1.29, 1.82) is 0 Å². The minimum absolute atomic E-state index is 0.143. The van der Waals surface area contributed by atoms with Gasteiger partial charge in [-0.3, -0.25) is 0 Å². The Balaban J connectivity index is 2.97. The van der Waals surface area contributed by atoms with E-state index in [0.29, 0.717) is 11.1 Å². The van der Waals surface area contributed by atoms with E-state index in [1.54, 1.807) is 19.1 Å². The van der Waals surface area contributed by atoms with Crippen LogP contribution in [0.1, 0.15) is 30.0 Å². The van der Waals surface area contributed by atoms with Crippen molar-refractivity contribution in [3.05, 3.63) is 28.8 Å². The van der Waals surface area contributed by atoms with E-state index >= 15 is 0 Å². The predicted octanol–water partition coefficient (Wildman–Crippen LogP) is 1.41. The van der Waals surface area contributed by atoms with Crippen molar-refractivity contribution in [2.45, 2.75) is 44.7 Å². The van der Waals surface area contributed by atoms with Gasteiger partial charge in [0.25, 0.3) is 0 Å². The molecule has 0 radical (unpaired) electrons. The standard InChI is InChI=1S/C15H26N2O3S/c1-11-8-12(2)15(9-14(11)10-18)21(19,20)16-13(3)6-7-17(4)5/h8-9,13,16,18H,6-7,10H2,1-5H3. The topological polar surface area (TPSA) is 69.6 Å². The Morgan fingerprint density at radius 1 is 1.24 bits per heavy atom. The molecule has 1 unspecified atom stereocenters.